The van der Waals surface area contributed by atoms with Crippen LogP contribution in [0.25, 0.3) is 6.08 Å². The van der Waals surface area contributed by atoms with Crippen molar-refractivity contribution in [2.45, 2.75) is 44.8 Å². The van der Waals surface area contributed by atoms with Crippen molar-refractivity contribution in [3.8, 4) is 11.5 Å². The Bertz CT molecular complexity index is 1020. The topological polar surface area (TPSA) is 50.8 Å². The van der Waals surface area contributed by atoms with Crippen LogP contribution in [0.4, 0.5) is 4.39 Å². The van der Waals surface area contributed by atoms with Gasteiger partial charge in [0.2, 0.25) is 0 Å². The first-order valence-electron chi connectivity index (χ1n) is 10.5. The van der Waals surface area contributed by atoms with E-state index < -0.39 is 0 Å². The summed E-state index contributed by atoms with van der Waals surface area (Å²) >= 11 is 5.43. The van der Waals surface area contributed by atoms with E-state index in [1.165, 1.54) is 12.5 Å². The first-order chi connectivity index (χ1) is 15.1. The smallest absolute Gasteiger partial charge is 0.276 e. The summed E-state index contributed by atoms with van der Waals surface area (Å²) in [5, 5.41) is 3.53. The number of carbonyl (C=O) groups is 1. The van der Waals surface area contributed by atoms with Crippen molar-refractivity contribution in [3.05, 3.63) is 65.1 Å². The molecule has 1 aliphatic carbocycles. The molecule has 7 heteroatoms. The fourth-order valence-corrected chi connectivity index (χ4v) is 4.39. The third-order valence-corrected chi connectivity index (χ3v) is 5.99. The summed E-state index contributed by atoms with van der Waals surface area (Å²) in [7, 11) is 1.54. The zero-order valence-corrected chi connectivity index (χ0v) is 18.2. The quantitative estimate of drug-likeness (QED) is 0.516. The van der Waals surface area contributed by atoms with Gasteiger partial charge in [0.25, 0.3) is 5.91 Å². The molecule has 1 saturated heterocycles. The van der Waals surface area contributed by atoms with Crippen molar-refractivity contribution in [1.29, 1.82) is 0 Å². The molecule has 162 valence electrons. The molecule has 0 unspecified atom stereocenters. The maximum absolute atomic E-state index is 13.8. The average molecular weight is 441 g/mol. The largest absolute Gasteiger partial charge is 0.493 e. The van der Waals surface area contributed by atoms with Gasteiger partial charge < -0.3 is 14.8 Å². The van der Waals surface area contributed by atoms with Crippen LogP contribution in [0.2, 0.25) is 0 Å². The van der Waals surface area contributed by atoms with Crippen LogP contribution in [0.3, 0.4) is 0 Å². The van der Waals surface area contributed by atoms with Gasteiger partial charge in [-0.25, -0.2) is 4.39 Å². The third kappa shape index (κ3) is 4.71. The van der Waals surface area contributed by atoms with E-state index in [1.807, 2.05) is 6.07 Å². The second kappa shape index (κ2) is 9.47. The fourth-order valence-electron chi connectivity index (χ4n) is 4.05. The number of carbonyl (C=O) groups excluding carboxylic acids is 1. The minimum absolute atomic E-state index is 0.0873. The maximum atomic E-state index is 13.8. The van der Waals surface area contributed by atoms with Crippen LogP contribution in [0.5, 0.6) is 11.5 Å². The molecule has 1 aliphatic heterocycles. The molecule has 0 bridgehead atoms. The van der Waals surface area contributed by atoms with Crippen molar-refractivity contribution < 1.29 is 18.7 Å². The molecule has 1 saturated carbocycles. The first-order valence-corrected chi connectivity index (χ1v) is 10.9. The minimum Gasteiger partial charge on any atom is -0.493 e. The number of amides is 1. The number of nitrogens with one attached hydrogen (secondary N) is 1. The van der Waals surface area contributed by atoms with E-state index >= 15 is 0 Å². The van der Waals surface area contributed by atoms with Crippen LogP contribution in [0.1, 0.15) is 43.2 Å². The van der Waals surface area contributed by atoms with E-state index in [4.69, 9.17) is 21.7 Å². The van der Waals surface area contributed by atoms with Gasteiger partial charge in [-0.3, -0.25) is 9.69 Å². The van der Waals surface area contributed by atoms with Crippen molar-refractivity contribution in [2.24, 2.45) is 0 Å². The number of ether oxygens (including phenoxy) is 2. The molecule has 0 spiro atoms. The Labute approximate surface area is 186 Å². The van der Waals surface area contributed by atoms with Crippen molar-refractivity contribution >= 4 is 29.3 Å². The van der Waals surface area contributed by atoms with E-state index in [-0.39, 0.29) is 24.4 Å². The SMILES string of the molecule is COc1cc(C=C2NC(=S)N(C3CCCCC3)C2=O)ccc1OCc1ccccc1F. The molecule has 4 rings (SSSR count). The normalized spacial score (nSPS) is 18.4. The fraction of sp³-hybridized carbons (Fsp3) is 0.333. The summed E-state index contributed by atoms with van der Waals surface area (Å²) < 4.78 is 25.0. The lowest BCUT2D eigenvalue weighted by Crippen LogP contribution is -2.41. The van der Waals surface area contributed by atoms with E-state index in [1.54, 1.807) is 48.4 Å². The van der Waals surface area contributed by atoms with E-state index in [9.17, 15) is 9.18 Å². The molecule has 2 fully saturated rings. The van der Waals surface area contributed by atoms with Gasteiger partial charge in [-0.05, 0) is 54.9 Å². The highest BCUT2D eigenvalue weighted by Gasteiger charge is 2.36. The average Bonchev–Trinajstić information content (AvgIpc) is 3.07. The van der Waals surface area contributed by atoms with Gasteiger partial charge in [0.1, 0.15) is 18.1 Å². The summed E-state index contributed by atoms with van der Waals surface area (Å²) in [4.78, 5) is 14.7. The molecule has 1 amide bonds. The predicted octanol–water partition coefficient (Wildman–Crippen LogP) is 4.80. The summed E-state index contributed by atoms with van der Waals surface area (Å²) in [5.74, 6) is 0.601. The molecule has 1 N–H and O–H groups in total. The summed E-state index contributed by atoms with van der Waals surface area (Å²) in [6.45, 7) is 0.0914. The van der Waals surface area contributed by atoms with Gasteiger partial charge in [0.05, 0.1) is 7.11 Å². The van der Waals surface area contributed by atoms with Crippen LogP contribution >= 0.6 is 12.2 Å². The molecular formula is C24H25FN2O3S. The second-order valence-corrected chi connectivity index (χ2v) is 8.13. The highest BCUT2D eigenvalue weighted by atomic mass is 32.1. The molecule has 0 radical (unpaired) electrons. The lowest BCUT2D eigenvalue weighted by molar-refractivity contribution is -0.124. The van der Waals surface area contributed by atoms with E-state index in [0.717, 1.165) is 31.2 Å². The number of thiocarbonyl (C=S) groups is 1. The number of hydrogen-bond donors (Lipinski definition) is 1. The summed E-state index contributed by atoms with van der Waals surface area (Å²) in [6.07, 6.45) is 7.21. The Morgan fingerprint density at radius 2 is 1.94 bits per heavy atom. The third-order valence-electron chi connectivity index (χ3n) is 5.69. The molecule has 1 heterocycles. The van der Waals surface area contributed by atoms with Crippen molar-refractivity contribution in [3.63, 3.8) is 0 Å². The molecular weight excluding hydrogens is 415 g/mol. The van der Waals surface area contributed by atoms with Crippen LogP contribution < -0.4 is 14.8 Å². The number of methoxy groups -OCH3 is 1. The molecule has 0 aromatic heterocycles. The number of nitrogens with zero attached hydrogens (tertiary/aromatic N) is 1. The summed E-state index contributed by atoms with van der Waals surface area (Å²) in [6, 6.07) is 12.0. The van der Waals surface area contributed by atoms with Gasteiger partial charge in [0.15, 0.2) is 16.6 Å². The maximum Gasteiger partial charge on any atom is 0.276 e. The Morgan fingerprint density at radius 1 is 1.16 bits per heavy atom. The highest BCUT2D eigenvalue weighted by Crippen LogP contribution is 2.31. The van der Waals surface area contributed by atoms with E-state index in [2.05, 4.69) is 5.32 Å². The monoisotopic (exact) mass is 440 g/mol. The molecule has 2 aromatic carbocycles. The molecule has 5 nitrogen and oxygen atoms in total. The van der Waals surface area contributed by atoms with Crippen molar-refractivity contribution in [1.82, 2.24) is 10.2 Å². The Kier molecular flexibility index (Phi) is 6.51. The lowest BCUT2D eigenvalue weighted by atomic mass is 9.94. The summed E-state index contributed by atoms with van der Waals surface area (Å²) in [5.41, 5.74) is 1.70. The second-order valence-electron chi connectivity index (χ2n) is 7.75. The van der Waals surface area contributed by atoms with Gasteiger partial charge >= 0.3 is 0 Å². The van der Waals surface area contributed by atoms with Gasteiger partial charge in [-0.2, -0.15) is 0 Å². The van der Waals surface area contributed by atoms with Gasteiger partial charge in [-0.15, -0.1) is 0 Å². The molecule has 0 atom stereocenters. The zero-order valence-electron chi connectivity index (χ0n) is 17.4. The van der Waals surface area contributed by atoms with Crippen LogP contribution in [-0.2, 0) is 11.4 Å². The standard InChI is InChI=1S/C24H25FN2O3S/c1-29-22-14-16(11-12-21(22)30-15-17-7-5-6-10-19(17)25)13-20-23(28)27(24(31)26-20)18-8-3-2-4-9-18/h5-7,10-14,18H,2-4,8-9,15H2,1H3,(H,26,31). The number of benzene rings is 2. The molecule has 2 aliphatic rings. The number of rotatable bonds is 6. The van der Waals surface area contributed by atoms with Crippen LogP contribution in [0, 0.1) is 5.82 Å². The van der Waals surface area contributed by atoms with E-state index in [0.29, 0.717) is 27.9 Å². The molecule has 2 aromatic rings. The van der Waals surface area contributed by atoms with Crippen molar-refractivity contribution in [2.75, 3.05) is 7.11 Å². The van der Waals surface area contributed by atoms with Crippen LogP contribution in [-0.4, -0.2) is 29.1 Å². The Morgan fingerprint density at radius 3 is 2.68 bits per heavy atom. The predicted molar refractivity (Wildman–Crippen MR) is 121 cm³/mol. The zero-order chi connectivity index (χ0) is 21.8. The number of hydrogen-bond acceptors (Lipinski definition) is 4. The van der Waals surface area contributed by atoms with Crippen LogP contribution in [0.15, 0.2) is 48.2 Å². The first kappa shape index (κ1) is 21.3. The Balaban J connectivity index is 1.49. The number of halogens is 1. The highest BCUT2D eigenvalue weighted by molar-refractivity contribution is 7.80. The lowest BCUT2D eigenvalue weighted by Gasteiger charge is -2.29. The minimum atomic E-state index is -0.313. The molecule has 31 heavy (non-hydrogen) atoms. The van der Waals surface area contributed by atoms with Gasteiger partial charge in [0, 0.05) is 11.6 Å². The van der Waals surface area contributed by atoms with Gasteiger partial charge in [-0.1, -0.05) is 43.5 Å². The Hall–Kier alpha value is -2.93.